The Balaban J connectivity index is 2.65. The summed E-state index contributed by atoms with van der Waals surface area (Å²) in [6.45, 7) is 0. The lowest BCUT2D eigenvalue weighted by atomic mass is 10.2. The molecule has 8 heteroatoms. The van der Waals surface area contributed by atoms with Gasteiger partial charge in [-0.25, -0.2) is 8.42 Å². The van der Waals surface area contributed by atoms with Gasteiger partial charge in [0, 0.05) is 31.9 Å². The van der Waals surface area contributed by atoms with E-state index in [2.05, 4.69) is 0 Å². The smallest absolute Gasteiger partial charge is 0.271 e. The molecule has 2 aromatic carbocycles. The standard InChI is InChI=1S/C14H15N3O4S/c1-16(2)13-9-11(17(18)19)5-8-14(13)22(20,21)12-6-3-10(15)4-7-12/h3-9H,15H2,1-2H3. The molecule has 0 bridgehead atoms. The maximum atomic E-state index is 12.7. The number of nitrogen functional groups attached to an aromatic ring is 1. The minimum atomic E-state index is -3.79. The predicted molar refractivity (Wildman–Crippen MR) is 83.7 cm³/mol. The van der Waals surface area contributed by atoms with Crippen LogP contribution in [-0.4, -0.2) is 27.4 Å². The molecule has 0 radical (unpaired) electrons. The van der Waals surface area contributed by atoms with E-state index in [0.717, 1.165) is 0 Å². The van der Waals surface area contributed by atoms with Crippen molar-refractivity contribution in [2.45, 2.75) is 9.79 Å². The van der Waals surface area contributed by atoms with Crippen molar-refractivity contribution in [3.05, 3.63) is 52.6 Å². The molecule has 2 rings (SSSR count). The lowest BCUT2D eigenvalue weighted by Crippen LogP contribution is -2.14. The van der Waals surface area contributed by atoms with Crippen LogP contribution >= 0.6 is 0 Å². The van der Waals surface area contributed by atoms with Crippen molar-refractivity contribution in [3.8, 4) is 0 Å². The SMILES string of the molecule is CN(C)c1cc([N+](=O)[O-])ccc1S(=O)(=O)c1ccc(N)cc1. The van der Waals surface area contributed by atoms with E-state index in [0.29, 0.717) is 5.69 Å². The van der Waals surface area contributed by atoms with Crippen LogP contribution in [0, 0.1) is 10.1 Å². The van der Waals surface area contributed by atoms with Gasteiger partial charge in [0.2, 0.25) is 9.84 Å². The highest BCUT2D eigenvalue weighted by Crippen LogP contribution is 2.32. The quantitative estimate of drug-likeness (QED) is 0.525. The summed E-state index contributed by atoms with van der Waals surface area (Å²) in [5.74, 6) is 0. The van der Waals surface area contributed by atoms with Crippen molar-refractivity contribution in [2.24, 2.45) is 0 Å². The molecular weight excluding hydrogens is 306 g/mol. The van der Waals surface area contributed by atoms with Crippen molar-refractivity contribution in [2.75, 3.05) is 24.7 Å². The number of non-ortho nitro benzene ring substituents is 1. The van der Waals surface area contributed by atoms with Gasteiger partial charge in [-0.05, 0) is 30.3 Å². The topological polar surface area (TPSA) is 107 Å². The molecule has 0 aliphatic heterocycles. The number of nitro groups is 1. The van der Waals surface area contributed by atoms with Gasteiger partial charge >= 0.3 is 0 Å². The van der Waals surface area contributed by atoms with E-state index in [4.69, 9.17) is 5.73 Å². The molecule has 0 amide bonds. The molecule has 7 nitrogen and oxygen atoms in total. The van der Waals surface area contributed by atoms with Crippen LogP contribution in [0.4, 0.5) is 17.1 Å². The summed E-state index contributed by atoms with van der Waals surface area (Å²) < 4.78 is 25.4. The number of nitro benzene ring substituents is 1. The third-order valence-corrected chi connectivity index (χ3v) is 4.93. The van der Waals surface area contributed by atoms with Crippen LogP contribution in [0.1, 0.15) is 0 Å². The van der Waals surface area contributed by atoms with Crippen LogP contribution in [0.15, 0.2) is 52.3 Å². The average molecular weight is 321 g/mol. The van der Waals surface area contributed by atoms with Crippen LogP contribution < -0.4 is 10.6 Å². The molecule has 0 atom stereocenters. The Morgan fingerprint density at radius 1 is 1.09 bits per heavy atom. The minimum absolute atomic E-state index is 0.00729. The zero-order valence-electron chi connectivity index (χ0n) is 12.1. The Morgan fingerprint density at radius 3 is 2.18 bits per heavy atom. The Kier molecular flexibility index (Phi) is 4.05. The fourth-order valence-corrected chi connectivity index (χ4v) is 3.48. The van der Waals surface area contributed by atoms with Gasteiger partial charge in [-0.2, -0.15) is 0 Å². The molecular formula is C14H15N3O4S. The molecule has 2 N–H and O–H groups in total. The second-order valence-corrected chi connectivity index (χ2v) is 6.79. The maximum absolute atomic E-state index is 12.7. The van der Waals surface area contributed by atoms with Crippen LogP contribution in [0.2, 0.25) is 0 Å². The van der Waals surface area contributed by atoms with Crippen LogP contribution in [-0.2, 0) is 9.84 Å². The van der Waals surface area contributed by atoms with E-state index < -0.39 is 14.8 Å². The third kappa shape index (κ3) is 2.86. The monoisotopic (exact) mass is 321 g/mol. The summed E-state index contributed by atoms with van der Waals surface area (Å²) in [5, 5.41) is 10.9. The molecule has 0 unspecified atom stereocenters. The van der Waals surface area contributed by atoms with Crippen LogP contribution in [0.3, 0.4) is 0 Å². The van der Waals surface area contributed by atoms with Crippen molar-refractivity contribution in [1.29, 1.82) is 0 Å². The maximum Gasteiger partial charge on any atom is 0.271 e. The number of sulfone groups is 1. The van der Waals surface area contributed by atoms with E-state index >= 15 is 0 Å². The minimum Gasteiger partial charge on any atom is -0.399 e. The Labute approximate surface area is 128 Å². The second-order valence-electron chi connectivity index (χ2n) is 4.88. The normalized spacial score (nSPS) is 11.2. The summed E-state index contributed by atoms with van der Waals surface area (Å²) in [6.07, 6.45) is 0. The fourth-order valence-electron chi connectivity index (χ4n) is 1.97. The van der Waals surface area contributed by atoms with Gasteiger partial charge in [0.15, 0.2) is 0 Å². The van der Waals surface area contributed by atoms with Crippen LogP contribution in [0.5, 0.6) is 0 Å². The van der Waals surface area contributed by atoms with E-state index in [1.807, 2.05) is 0 Å². The first-order chi connectivity index (χ1) is 10.2. The van der Waals surface area contributed by atoms with Gasteiger partial charge in [0.1, 0.15) is 0 Å². The number of hydrogen-bond acceptors (Lipinski definition) is 6. The molecule has 116 valence electrons. The summed E-state index contributed by atoms with van der Waals surface area (Å²) in [4.78, 5) is 11.9. The Bertz CT molecular complexity index is 814. The van der Waals surface area contributed by atoms with E-state index in [1.54, 1.807) is 14.1 Å². The lowest BCUT2D eigenvalue weighted by Gasteiger charge is -2.17. The summed E-state index contributed by atoms with van der Waals surface area (Å²) in [5.41, 5.74) is 6.10. The predicted octanol–water partition coefficient (Wildman–Crippen LogP) is 2.08. The van der Waals surface area contributed by atoms with Gasteiger partial charge < -0.3 is 10.6 Å². The largest absolute Gasteiger partial charge is 0.399 e. The number of nitrogens with two attached hydrogens (primary N) is 1. The Hall–Kier alpha value is -2.61. The number of nitrogens with zero attached hydrogens (tertiary/aromatic N) is 2. The zero-order valence-corrected chi connectivity index (χ0v) is 12.9. The van der Waals surface area contributed by atoms with Gasteiger partial charge in [0.25, 0.3) is 5.69 Å². The van der Waals surface area contributed by atoms with Crippen LogP contribution in [0.25, 0.3) is 0 Å². The number of anilines is 2. The number of hydrogen-bond donors (Lipinski definition) is 1. The van der Waals surface area contributed by atoms with Gasteiger partial charge in [-0.15, -0.1) is 0 Å². The number of rotatable bonds is 4. The molecule has 22 heavy (non-hydrogen) atoms. The van der Waals surface area contributed by atoms with E-state index in [1.165, 1.54) is 47.4 Å². The van der Waals surface area contributed by atoms with Crippen molar-refractivity contribution in [3.63, 3.8) is 0 Å². The van der Waals surface area contributed by atoms with Gasteiger partial charge in [-0.1, -0.05) is 0 Å². The van der Waals surface area contributed by atoms with Gasteiger partial charge in [-0.3, -0.25) is 10.1 Å². The third-order valence-electron chi connectivity index (χ3n) is 3.12. The number of benzene rings is 2. The highest BCUT2D eigenvalue weighted by Gasteiger charge is 2.24. The average Bonchev–Trinajstić information content (AvgIpc) is 2.46. The van der Waals surface area contributed by atoms with Crippen molar-refractivity contribution >= 4 is 26.9 Å². The molecule has 0 aromatic heterocycles. The van der Waals surface area contributed by atoms with E-state index in [9.17, 15) is 18.5 Å². The summed E-state index contributed by atoms with van der Waals surface area (Å²) in [6, 6.07) is 9.47. The molecule has 2 aromatic rings. The first-order valence-electron chi connectivity index (χ1n) is 6.30. The highest BCUT2D eigenvalue weighted by molar-refractivity contribution is 7.91. The van der Waals surface area contributed by atoms with E-state index in [-0.39, 0.29) is 21.2 Å². The Morgan fingerprint density at radius 2 is 1.68 bits per heavy atom. The fraction of sp³-hybridized carbons (Fsp3) is 0.143. The zero-order chi connectivity index (χ0) is 16.5. The molecule has 0 aliphatic rings. The first-order valence-corrected chi connectivity index (χ1v) is 7.78. The lowest BCUT2D eigenvalue weighted by molar-refractivity contribution is -0.384. The molecule has 0 heterocycles. The molecule has 0 saturated heterocycles. The van der Waals surface area contributed by atoms with Crippen molar-refractivity contribution in [1.82, 2.24) is 0 Å². The van der Waals surface area contributed by atoms with Crippen molar-refractivity contribution < 1.29 is 13.3 Å². The molecule has 0 spiro atoms. The summed E-state index contributed by atoms with van der Waals surface area (Å²) >= 11 is 0. The molecule has 0 fully saturated rings. The molecule has 0 saturated carbocycles. The van der Waals surface area contributed by atoms with Gasteiger partial charge in [0.05, 0.1) is 20.4 Å². The first kappa shape index (κ1) is 15.8. The molecule has 0 aliphatic carbocycles. The summed E-state index contributed by atoms with van der Waals surface area (Å²) in [7, 11) is -0.542. The highest BCUT2D eigenvalue weighted by atomic mass is 32.2. The second kappa shape index (κ2) is 5.64.